The number of anilines is 1. The second-order valence-corrected chi connectivity index (χ2v) is 21.9. The minimum absolute atomic E-state index is 0.281. The molecular weight excluding hydrogens is 1000 g/mol. The van der Waals surface area contributed by atoms with Crippen molar-refractivity contribution >= 4 is 77.7 Å². The Bertz CT molecular complexity index is 4470. The number of halogens is 2. The van der Waals surface area contributed by atoms with E-state index in [-0.39, 0.29) is 10.3 Å². The molecule has 1 saturated carbocycles. The highest BCUT2D eigenvalue weighted by Gasteiger charge is 2.25. The number of fused-ring (bicyclic) bond motifs is 4. The summed E-state index contributed by atoms with van der Waals surface area (Å²) in [5.74, 6) is 0. The topological polar surface area (TPSA) is 156 Å². The number of allylic oxidation sites excluding steroid dienone is 1. The zero-order chi connectivity index (χ0) is 51.1. The van der Waals surface area contributed by atoms with Gasteiger partial charge in [-0.3, -0.25) is 35.0 Å². The number of thiophene rings is 2. The molecule has 0 unspecified atom stereocenters. The second-order valence-electron chi connectivity index (χ2n) is 19.9. The summed E-state index contributed by atoms with van der Waals surface area (Å²) in [5, 5.41) is 22.7. The molecule has 3 aromatic carbocycles. The number of nitrogens with zero attached hydrogens (tertiary/aromatic N) is 7. The number of rotatable bonds is 12. The van der Waals surface area contributed by atoms with E-state index in [9.17, 15) is 4.39 Å². The lowest BCUT2D eigenvalue weighted by Crippen LogP contribution is -2.18. The average Bonchev–Trinajstić information content (AvgIpc) is 4.32. The molecule has 12 nitrogen and oxygen atoms in total. The smallest absolute Gasteiger partial charge is 0.184 e. The summed E-state index contributed by atoms with van der Waals surface area (Å²) in [4.78, 5) is 29.9. The molecule has 16 heteroatoms. The first-order valence-electron chi connectivity index (χ1n) is 25.6. The highest BCUT2D eigenvalue weighted by molar-refractivity contribution is 7.14. The molecule has 374 valence electrons. The van der Waals surface area contributed by atoms with Gasteiger partial charge in [0.15, 0.2) is 10.3 Å². The largest absolute Gasteiger partial charge is 0.354 e. The van der Waals surface area contributed by atoms with Crippen molar-refractivity contribution in [1.82, 2.24) is 55.2 Å². The van der Waals surface area contributed by atoms with Crippen molar-refractivity contribution in [1.29, 1.82) is 0 Å². The Balaban J connectivity index is 0.823. The van der Waals surface area contributed by atoms with E-state index >= 15 is 4.39 Å². The first-order valence-corrected chi connectivity index (χ1v) is 27.2. The molecular formula is C61H44F2N12S2. The number of likely N-dealkylation sites (tertiary alicyclic amines) is 1. The van der Waals surface area contributed by atoms with Gasteiger partial charge in [0.1, 0.15) is 11.4 Å². The molecule has 0 spiro atoms. The molecule has 1 saturated heterocycles. The van der Waals surface area contributed by atoms with Crippen LogP contribution in [-0.2, 0) is 6.54 Å². The van der Waals surface area contributed by atoms with E-state index in [0.717, 1.165) is 154 Å². The predicted molar refractivity (Wildman–Crippen MR) is 305 cm³/mol. The number of H-pyrrole nitrogens is 4. The Morgan fingerprint density at radius 3 is 2.03 bits per heavy atom. The van der Waals surface area contributed by atoms with Crippen LogP contribution in [-0.4, -0.2) is 68.3 Å². The number of aromatic nitrogens is 10. The van der Waals surface area contributed by atoms with Gasteiger partial charge in [0.05, 0.1) is 55.4 Å². The maximum atomic E-state index is 17.1. The lowest BCUT2D eigenvalue weighted by molar-refractivity contribution is 0.331. The molecule has 15 rings (SSSR count). The van der Waals surface area contributed by atoms with E-state index in [1.165, 1.54) is 30.0 Å². The van der Waals surface area contributed by atoms with E-state index in [1.54, 1.807) is 18.5 Å². The molecule has 5 N–H and O–H groups in total. The molecule has 10 aromatic heterocycles. The van der Waals surface area contributed by atoms with Crippen LogP contribution in [0.25, 0.3) is 127 Å². The Morgan fingerprint density at radius 2 is 1.27 bits per heavy atom. The van der Waals surface area contributed by atoms with Crippen LogP contribution in [0.1, 0.15) is 36.8 Å². The van der Waals surface area contributed by atoms with Crippen molar-refractivity contribution in [3.8, 4) is 77.3 Å². The summed E-state index contributed by atoms with van der Waals surface area (Å²) in [7, 11) is 0. The molecule has 11 heterocycles. The fraction of sp³-hybridized carbons (Fsp3) is 0.115. The third kappa shape index (κ3) is 8.28. The van der Waals surface area contributed by atoms with Gasteiger partial charge in [-0.05, 0) is 145 Å². The number of benzene rings is 3. The Morgan fingerprint density at radius 1 is 0.571 bits per heavy atom. The summed E-state index contributed by atoms with van der Waals surface area (Å²) in [5.41, 5.74) is 17.9. The van der Waals surface area contributed by atoms with Crippen molar-refractivity contribution in [3.05, 3.63) is 179 Å². The van der Waals surface area contributed by atoms with Gasteiger partial charge in [-0.15, -0.1) is 22.7 Å². The number of nitrogens with one attached hydrogen (secondary N) is 5. The molecule has 0 bridgehead atoms. The number of pyridine rings is 4. The standard InChI is InChI=1S/C61H44F2N12S2/c62-54-13-12-52(76-54)59-44-25-51(70-47(44)14-16-66-59)58-46-24-37(39-21-40(31-65-30-39)68-55(35-8-9-35)34-6-2-1-3-7-34)23-41(56(46)72-74-58)42-27-53(77-61(42)63)60-45-26-50(69-48(45)15-17-67-60)57-43-22-36(10-11-49(43)71-73-57)38-20-33(28-64-29-38)32-75-18-4-5-19-75/h1-3,6-7,10-17,20-31,68-70H,4-5,8-9,18-19,32H2,(H,71,73)(H,72,74). The van der Waals surface area contributed by atoms with Crippen LogP contribution in [0.2, 0.25) is 0 Å². The quantitative estimate of drug-likeness (QED) is 0.0810. The molecule has 2 fully saturated rings. The van der Waals surface area contributed by atoms with Gasteiger partial charge in [-0.2, -0.15) is 19.0 Å². The van der Waals surface area contributed by atoms with Gasteiger partial charge < -0.3 is 15.3 Å². The monoisotopic (exact) mass is 1050 g/mol. The van der Waals surface area contributed by atoms with E-state index in [1.807, 2.05) is 73.3 Å². The Kier molecular flexibility index (Phi) is 10.9. The van der Waals surface area contributed by atoms with E-state index in [2.05, 4.69) is 94.9 Å². The molecule has 2 aliphatic rings. The van der Waals surface area contributed by atoms with E-state index < -0.39 is 0 Å². The van der Waals surface area contributed by atoms with Crippen molar-refractivity contribution in [2.75, 3.05) is 18.4 Å². The zero-order valence-corrected chi connectivity index (χ0v) is 42.7. The summed E-state index contributed by atoms with van der Waals surface area (Å²) in [6.07, 6.45) is 15.6. The third-order valence-electron chi connectivity index (χ3n) is 14.8. The highest BCUT2D eigenvalue weighted by atomic mass is 32.1. The first-order chi connectivity index (χ1) is 37.9. The molecule has 1 aliphatic carbocycles. The molecule has 1 aliphatic heterocycles. The SMILES string of the molecule is Fc1ccc(-c2nccc3[nH]c(-c4n[nH]c5c(-c6cc(-c7nccc8[nH]c(-c9n[nH]c%10ccc(-c%11cncc(CN%12CCCC%12)c%11)cc9%10)cc78)sc6F)cc(-c6cncc(NC(=C7CC7)c7ccccc7)c6)cc45)cc23)s1. The fourth-order valence-corrected chi connectivity index (χ4v) is 12.6. The van der Waals surface area contributed by atoms with Crippen molar-refractivity contribution in [2.24, 2.45) is 0 Å². The van der Waals surface area contributed by atoms with Crippen LogP contribution in [0, 0.1) is 10.3 Å². The average molecular weight is 1050 g/mol. The van der Waals surface area contributed by atoms with Crippen molar-refractivity contribution in [2.45, 2.75) is 32.2 Å². The van der Waals surface area contributed by atoms with Gasteiger partial charge in [-0.25, -0.2) is 0 Å². The Hall–Kier alpha value is -8.96. The van der Waals surface area contributed by atoms with Crippen LogP contribution in [0.4, 0.5) is 14.5 Å². The fourth-order valence-electron chi connectivity index (χ4n) is 11.0. The van der Waals surface area contributed by atoms with E-state index in [0.29, 0.717) is 38.6 Å². The van der Waals surface area contributed by atoms with Crippen LogP contribution < -0.4 is 5.32 Å². The van der Waals surface area contributed by atoms with Gasteiger partial charge in [-0.1, -0.05) is 36.4 Å². The molecule has 77 heavy (non-hydrogen) atoms. The third-order valence-corrected chi connectivity index (χ3v) is 16.7. The lowest BCUT2D eigenvalue weighted by atomic mass is 9.96. The minimum Gasteiger partial charge on any atom is -0.354 e. The zero-order valence-electron chi connectivity index (χ0n) is 41.1. The highest BCUT2D eigenvalue weighted by Crippen LogP contribution is 2.45. The maximum absolute atomic E-state index is 17.1. The van der Waals surface area contributed by atoms with Gasteiger partial charge in [0, 0.05) is 98.1 Å². The van der Waals surface area contributed by atoms with Crippen LogP contribution in [0.5, 0.6) is 0 Å². The first kappa shape index (κ1) is 45.4. The maximum Gasteiger partial charge on any atom is 0.184 e. The van der Waals surface area contributed by atoms with Gasteiger partial charge in [0.25, 0.3) is 0 Å². The molecule has 0 amide bonds. The second kappa shape index (κ2) is 18.4. The van der Waals surface area contributed by atoms with Crippen molar-refractivity contribution < 1.29 is 8.78 Å². The van der Waals surface area contributed by atoms with Crippen LogP contribution in [0.15, 0.2) is 158 Å². The van der Waals surface area contributed by atoms with Crippen LogP contribution in [0.3, 0.4) is 0 Å². The molecule has 0 atom stereocenters. The van der Waals surface area contributed by atoms with Crippen LogP contribution >= 0.6 is 22.7 Å². The molecule has 13 aromatic rings. The number of aromatic amines is 4. The van der Waals surface area contributed by atoms with Gasteiger partial charge >= 0.3 is 0 Å². The predicted octanol–water partition coefficient (Wildman–Crippen LogP) is 15.3. The summed E-state index contributed by atoms with van der Waals surface area (Å²) >= 11 is 2.11. The number of hydrogen-bond acceptors (Lipinski definition) is 10. The summed E-state index contributed by atoms with van der Waals surface area (Å²) in [6.45, 7) is 3.15. The normalized spacial score (nSPS) is 13.8. The van der Waals surface area contributed by atoms with E-state index in [4.69, 9.17) is 20.2 Å². The van der Waals surface area contributed by atoms with Crippen molar-refractivity contribution in [3.63, 3.8) is 0 Å². The lowest BCUT2D eigenvalue weighted by Gasteiger charge is -2.14. The van der Waals surface area contributed by atoms with Gasteiger partial charge in [0.2, 0.25) is 0 Å². The Labute approximate surface area is 446 Å². The number of hydrogen-bond donors (Lipinski definition) is 5. The minimum atomic E-state index is -0.365. The molecule has 0 radical (unpaired) electrons. The summed E-state index contributed by atoms with van der Waals surface area (Å²) < 4.78 is 31.4. The summed E-state index contributed by atoms with van der Waals surface area (Å²) in [6, 6.07) is 38.1.